The molecule has 3 rings (SSSR count). The van der Waals surface area contributed by atoms with E-state index in [0.717, 1.165) is 5.56 Å². The van der Waals surface area contributed by atoms with E-state index in [9.17, 15) is 12.8 Å². The van der Waals surface area contributed by atoms with Gasteiger partial charge in [-0.2, -0.15) is 0 Å². The van der Waals surface area contributed by atoms with Crippen molar-refractivity contribution in [3.05, 3.63) is 90.2 Å². The van der Waals surface area contributed by atoms with Crippen LogP contribution in [0.15, 0.2) is 83.8 Å². The molecule has 0 bridgehead atoms. The Morgan fingerprint density at radius 3 is 2.04 bits per heavy atom. The molecule has 0 fully saturated rings. The molecule has 140 valence electrons. The van der Waals surface area contributed by atoms with Crippen molar-refractivity contribution >= 4 is 15.7 Å². The van der Waals surface area contributed by atoms with Crippen molar-refractivity contribution < 1.29 is 17.5 Å². The van der Waals surface area contributed by atoms with E-state index >= 15 is 0 Å². The highest BCUT2D eigenvalue weighted by atomic mass is 32.2. The number of benzene rings is 3. The van der Waals surface area contributed by atoms with Crippen molar-refractivity contribution in [3.63, 3.8) is 0 Å². The Kier molecular flexibility index (Phi) is 5.46. The lowest BCUT2D eigenvalue weighted by atomic mass is 10.1. The molecule has 0 spiro atoms. The van der Waals surface area contributed by atoms with Crippen LogP contribution in [0.25, 0.3) is 0 Å². The second kappa shape index (κ2) is 7.80. The minimum atomic E-state index is -3.88. The molecular formula is C21H20FNO3S. The molecule has 0 aromatic heterocycles. The molecule has 0 saturated heterocycles. The quantitative estimate of drug-likeness (QED) is 0.613. The molecule has 4 nitrogen and oxygen atoms in total. The van der Waals surface area contributed by atoms with Crippen LogP contribution in [0.2, 0.25) is 0 Å². The third kappa shape index (κ3) is 3.95. The van der Waals surface area contributed by atoms with Gasteiger partial charge in [0.25, 0.3) is 10.0 Å². The lowest BCUT2D eigenvalue weighted by Gasteiger charge is -2.31. The summed E-state index contributed by atoms with van der Waals surface area (Å²) in [6.45, 7) is 1.81. The van der Waals surface area contributed by atoms with E-state index < -0.39 is 21.9 Å². The number of halogens is 1. The topological polar surface area (TPSA) is 46.6 Å². The van der Waals surface area contributed by atoms with Gasteiger partial charge in [-0.25, -0.2) is 12.8 Å². The van der Waals surface area contributed by atoms with Crippen LogP contribution in [0.4, 0.5) is 10.1 Å². The van der Waals surface area contributed by atoms with E-state index in [4.69, 9.17) is 4.74 Å². The van der Waals surface area contributed by atoms with Gasteiger partial charge in [0.05, 0.1) is 23.7 Å². The third-order valence-electron chi connectivity index (χ3n) is 4.33. The Labute approximate surface area is 158 Å². The molecule has 0 amide bonds. The zero-order valence-corrected chi connectivity index (χ0v) is 15.9. The number of ether oxygens (including phenoxy) is 1. The van der Waals surface area contributed by atoms with E-state index in [1.807, 2.05) is 30.3 Å². The number of methoxy groups -OCH3 is 1. The molecule has 0 unspecified atom stereocenters. The summed E-state index contributed by atoms with van der Waals surface area (Å²) >= 11 is 0. The van der Waals surface area contributed by atoms with Crippen molar-refractivity contribution in [1.82, 2.24) is 0 Å². The highest BCUT2D eigenvalue weighted by molar-refractivity contribution is 7.92. The molecule has 0 aliphatic heterocycles. The van der Waals surface area contributed by atoms with Gasteiger partial charge in [-0.15, -0.1) is 0 Å². The Morgan fingerprint density at radius 2 is 1.48 bits per heavy atom. The van der Waals surface area contributed by atoms with Gasteiger partial charge in [-0.1, -0.05) is 30.3 Å². The number of nitrogens with zero attached hydrogens (tertiary/aromatic N) is 1. The van der Waals surface area contributed by atoms with Gasteiger partial charge in [0.15, 0.2) is 0 Å². The maximum atomic E-state index is 13.4. The first-order valence-corrected chi connectivity index (χ1v) is 9.86. The molecule has 0 saturated carbocycles. The summed E-state index contributed by atoms with van der Waals surface area (Å²) in [5.74, 6) is 0.145. The third-order valence-corrected chi connectivity index (χ3v) is 6.24. The average Bonchev–Trinajstić information content (AvgIpc) is 2.70. The summed E-state index contributed by atoms with van der Waals surface area (Å²) in [6, 6.07) is 20.5. The predicted octanol–water partition coefficient (Wildman–Crippen LogP) is 4.79. The molecule has 3 aromatic carbocycles. The minimum Gasteiger partial charge on any atom is -0.497 e. The molecule has 0 aliphatic rings. The van der Waals surface area contributed by atoms with Crippen LogP contribution in [0.3, 0.4) is 0 Å². The highest BCUT2D eigenvalue weighted by Gasteiger charge is 2.30. The van der Waals surface area contributed by atoms with Crippen LogP contribution in [0, 0.1) is 5.82 Å². The molecule has 0 radical (unpaired) electrons. The molecule has 0 N–H and O–H groups in total. The predicted molar refractivity (Wildman–Crippen MR) is 104 cm³/mol. The van der Waals surface area contributed by atoms with Crippen molar-refractivity contribution in [1.29, 1.82) is 0 Å². The summed E-state index contributed by atoms with van der Waals surface area (Å²) in [5.41, 5.74) is 1.22. The van der Waals surface area contributed by atoms with Gasteiger partial charge < -0.3 is 4.74 Å². The average molecular weight is 385 g/mol. The monoisotopic (exact) mass is 385 g/mol. The van der Waals surface area contributed by atoms with Crippen molar-refractivity contribution in [3.8, 4) is 5.75 Å². The van der Waals surface area contributed by atoms with E-state index in [1.165, 1.54) is 47.8 Å². The molecule has 1 atom stereocenters. The maximum Gasteiger partial charge on any atom is 0.264 e. The van der Waals surface area contributed by atoms with Gasteiger partial charge in [0.2, 0.25) is 0 Å². The first kappa shape index (κ1) is 18.9. The van der Waals surface area contributed by atoms with E-state index in [-0.39, 0.29) is 4.90 Å². The van der Waals surface area contributed by atoms with E-state index in [0.29, 0.717) is 11.4 Å². The fraction of sp³-hybridized carbons (Fsp3) is 0.143. The smallest absolute Gasteiger partial charge is 0.264 e. The summed E-state index contributed by atoms with van der Waals surface area (Å²) < 4.78 is 46.7. The van der Waals surface area contributed by atoms with Crippen molar-refractivity contribution in [2.24, 2.45) is 0 Å². The standard InChI is InChI=1S/C21H20FNO3S/c1-16(17-6-4-3-5-7-17)23(19-10-8-18(22)9-11-19)27(24,25)21-14-12-20(26-2)13-15-21/h3-16H,1-2H3/t16-/m1/s1. The number of sulfonamides is 1. The zero-order valence-electron chi connectivity index (χ0n) is 15.0. The fourth-order valence-corrected chi connectivity index (χ4v) is 4.53. The molecular weight excluding hydrogens is 365 g/mol. The van der Waals surface area contributed by atoms with Crippen LogP contribution < -0.4 is 9.04 Å². The first-order valence-electron chi connectivity index (χ1n) is 8.42. The Hall–Kier alpha value is -2.86. The largest absolute Gasteiger partial charge is 0.497 e. The van der Waals surface area contributed by atoms with Crippen LogP contribution in [0.1, 0.15) is 18.5 Å². The Morgan fingerprint density at radius 1 is 0.889 bits per heavy atom. The van der Waals surface area contributed by atoms with Gasteiger partial charge in [0, 0.05) is 0 Å². The van der Waals surface area contributed by atoms with Crippen molar-refractivity contribution in [2.45, 2.75) is 17.9 Å². The SMILES string of the molecule is COc1ccc(S(=O)(=O)N(c2ccc(F)cc2)[C@H](C)c2ccccc2)cc1. The summed E-state index contributed by atoms with van der Waals surface area (Å²) in [4.78, 5) is 0.135. The molecule has 3 aromatic rings. The molecule has 0 aliphatic carbocycles. The number of anilines is 1. The second-order valence-electron chi connectivity index (χ2n) is 6.04. The number of hydrogen-bond acceptors (Lipinski definition) is 3. The fourth-order valence-electron chi connectivity index (χ4n) is 2.89. The first-order chi connectivity index (χ1) is 12.9. The number of rotatable bonds is 6. The van der Waals surface area contributed by atoms with Crippen LogP contribution in [-0.2, 0) is 10.0 Å². The molecule has 6 heteroatoms. The van der Waals surface area contributed by atoms with E-state index in [1.54, 1.807) is 19.1 Å². The minimum absolute atomic E-state index is 0.135. The van der Waals surface area contributed by atoms with Crippen LogP contribution in [-0.4, -0.2) is 15.5 Å². The van der Waals surface area contributed by atoms with E-state index in [2.05, 4.69) is 0 Å². The van der Waals surface area contributed by atoms with Gasteiger partial charge >= 0.3 is 0 Å². The second-order valence-corrected chi connectivity index (χ2v) is 7.85. The lowest BCUT2D eigenvalue weighted by molar-refractivity contribution is 0.414. The Balaban J connectivity index is 2.11. The Bertz CT molecular complexity index is 988. The van der Waals surface area contributed by atoms with Gasteiger partial charge in [0.1, 0.15) is 11.6 Å². The molecule has 0 heterocycles. The summed E-state index contributed by atoms with van der Waals surface area (Å²) in [6.07, 6.45) is 0. The summed E-state index contributed by atoms with van der Waals surface area (Å²) in [7, 11) is -2.36. The number of hydrogen-bond donors (Lipinski definition) is 0. The van der Waals surface area contributed by atoms with Gasteiger partial charge in [-0.3, -0.25) is 4.31 Å². The normalized spacial score (nSPS) is 12.4. The van der Waals surface area contributed by atoms with Crippen molar-refractivity contribution in [2.75, 3.05) is 11.4 Å². The van der Waals surface area contributed by atoms with Crippen LogP contribution >= 0.6 is 0 Å². The highest BCUT2D eigenvalue weighted by Crippen LogP contribution is 2.33. The molecule has 27 heavy (non-hydrogen) atoms. The van der Waals surface area contributed by atoms with Gasteiger partial charge in [-0.05, 0) is 61.0 Å². The maximum absolute atomic E-state index is 13.4. The zero-order chi connectivity index (χ0) is 19.4. The van der Waals surface area contributed by atoms with Crippen LogP contribution in [0.5, 0.6) is 5.75 Å². The lowest BCUT2D eigenvalue weighted by Crippen LogP contribution is -2.33. The summed E-state index contributed by atoms with van der Waals surface area (Å²) in [5, 5.41) is 0.